The van der Waals surface area contributed by atoms with Gasteiger partial charge in [0, 0.05) is 30.3 Å². The van der Waals surface area contributed by atoms with Crippen LogP contribution < -0.4 is 14.8 Å². The second-order valence-electron chi connectivity index (χ2n) is 11.6. The predicted molar refractivity (Wildman–Crippen MR) is 150 cm³/mol. The van der Waals surface area contributed by atoms with E-state index in [0.29, 0.717) is 36.2 Å². The molecule has 3 unspecified atom stereocenters. The molecule has 242 valence electrons. The van der Waals surface area contributed by atoms with Crippen molar-refractivity contribution in [3.05, 3.63) is 70.9 Å². The number of fused-ring (bicyclic) bond motifs is 1. The summed E-state index contributed by atoms with van der Waals surface area (Å²) >= 11 is 0. The highest BCUT2D eigenvalue weighted by molar-refractivity contribution is 6.10. The molecule has 0 aromatic heterocycles. The monoisotopic (exact) mass is 639 g/mol. The van der Waals surface area contributed by atoms with Gasteiger partial charge >= 0.3 is 18.4 Å². The van der Waals surface area contributed by atoms with Crippen molar-refractivity contribution in [3.63, 3.8) is 0 Å². The molecule has 3 aliphatic heterocycles. The summed E-state index contributed by atoms with van der Waals surface area (Å²) in [5.41, 5.74) is -5.80. The number of aliphatic hydroxyl groups is 1. The lowest BCUT2D eigenvalue weighted by molar-refractivity contribution is -0.376. The number of urea groups is 1. The second-order valence-corrected chi connectivity index (χ2v) is 11.6. The van der Waals surface area contributed by atoms with E-state index in [9.17, 15) is 41.0 Å². The van der Waals surface area contributed by atoms with Crippen LogP contribution in [0.25, 0.3) is 0 Å². The van der Waals surface area contributed by atoms with Gasteiger partial charge in [0.25, 0.3) is 11.5 Å². The van der Waals surface area contributed by atoms with Gasteiger partial charge in [0.2, 0.25) is 0 Å². The molecule has 3 aliphatic rings. The van der Waals surface area contributed by atoms with Crippen molar-refractivity contribution in [1.29, 1.82) is 0 Å². The number of halogens is 6. The van der Waals surface area contributed by atoms with Crippen molar-refractivity contribution < 1.29 is 50.5 Å². The topological polar surface area (TPSA) is 100 Å². The first kappa shape index (κ1) is 32.3. The van der Waals surface area contributed by atoms with Crippen molar-refractivity contribution in [2.24, 2.45) is 4.99 Å². The van der Waals surface area contributed by atoms with Gasteiger partial charge in [0.15, 0.2) is 0 Å². The number of carbonyl (C=O) groups excluding carboxylic acids is 2. The summed E-state index contributed by atoms with van der Waals surface area (Å²) in [6.45, 7) is 5.06. The van der Waals surface area contributed by atoms with E-state index in [-0.39, 0.29) is 36.8 Å². The molecule has 0 bridgehead atoms. The molecule has 0 aliphatic carbocycles. The number of benzene rings is 2. The molecule has 3 amide bonds. The number of nitrogens with one attached hydrogen (secondary N) is 1. The lowest BCUT2D eigenvalue weighted by Gasteiger charge is -2.33. The number of rotatable bonds is 8. The zero-order chi connectivity index (χ0) is 32.9. The summed E-state index contributed by atoms with van der Waals surface area (Å²) in [5, 5.41) is 12.6. The molecule has 0 spiro atoms. The summed E-state index contributed by atoms with van der Waals surface area (Å²) < 4.78 is 92.5. The van der Waals surface area contributed by atoms with Crippen LogP contribution in [0.4, 0.5) is 31.1 Å². The van der Waals surface area contributed by atoms with Gasteiger partial charge in [-0.05, 0) is 67.3 Å². The minimum absolute atomic E-state index is 0.0000402. The zero-order valence-electron chi connectivity index (χ0n) is 24.6. The standard InChI is InChI=1S/C31H31F6N3O5/c1-4-5-18-13-21(29(43,30(32,33)34)31(35,36)37)7-9-24(18)45-23-10-11-38-22(15-23)16-40-26(41)28(3,39-27(40)42)20-6-8-25-19(14-20)12-17(2)44-25/h6-11,13-14,17,23,43H,4-5,12,15-16H2,1-3H3,(H,39,42). The third-order valence-corrected chi connectivity index (χ3v) is 8.18. The first-order chi connectivity index (χ1) is 21.0. The molecule has 5 rings (SSSR count). The van der Waals surface area contributed by atoms with Gasteiger partial charge in [0.1, 0.15) is 29.2 Å². The van der Waals surface area contributed by atoms with Crippen LogP contribution in [0.2, 0.25) is 0 Å². The molecule has 45 heavy (non-hydrogen) atoms. The van der Waals surface area contributed by atoms with Gasteiger partial charge in [0.05, 0.1) is 6.54 Å². The molecule has 2 aromatic rings. The van der Waals surface area contributed by atoms with Crippen LogP contribution in [-0.4, -0.2) is 58.8 Å². The number of imide groups is 1. The maximum Gasteiger partial charge on any atom is 0.430 e. The Morgan fingerprint density at radius 1 is 1.09 bits per heavy atom. The summed E-state index contributed by atoms with van der Waals surface area (Å²) in [5.74, 6) is 0.267. The molecular weight excluding hydrogens is 608 g/mol. The number of hydrogen-bond donors (Lipinski definition) is 2. The van der Waals surface area contributed by atoms with E-state index in [1.807, 2.05) is 13.0 Å². The Balaban J connectivity index is 1.31. The van der Waals surface area contributed by atoms with Crippen LogP contribution in [0, 0.1) is 0 Å². The Morgan fingerprint density at radius 2 is 1.80 bits per heavy atom. The maximum absolute atomic E-state index is 13.5. The maximum atomic E-state index is 13.5. The largest absolute Gasteiger partial charge is 0.490 e. The van der Waals surface area contributed by atoms with E-state index in [1.165, 1.54) is 6.20 Å². The molecule has 2 aromatic carbocycles. The highest BCUT2D eigenvalue weighted by atomic mass is 19.4. The minimum Gasteiger partial charge on any atom is -0.490 e. The summed E-state index contributed by atoms with van der Waals surface area (Å²) in [7, 11) is 0. The van der Waals surface area contributed by atoms with Gasteiger partial charge in [-0.25, -0.2) is 4.79 Å². The van der Waals surface area contributed by atoms with Crippen LogP contribution in [0.15, 0.2) is 53.7 Å². The molecule has 14 heteroatoms. The number of alkyl halides is 6. The first-order valence-electron chi connectivity index (χ1n) is 14.3. The number of nitrogens with zero attached hydrogens (tertiary/aromatic N) is 2. The van der Waals surface area contributed by atoms with E-state index in [2.05, 4.69) is 10.3 Å². The highest BCUT2D eigenvalue weighted by Crippen LogP contribution is 2.50. The Labute approximate surface area is 254 Å². The van der Waals surface area contributed by atoms with E-state index in [4.69, 9.17) is 9.47 Å². The Bertz CT molecular complexity index is 1560. The van der Waals surface area contributed by atoms with Crippen molar-refractivity contribution >= 4 is 17.6 Å². The van der Waals surface area contributed by atoms with Crippen molar-refractivity contribution in [3.8, 4) is 11.5 Å². The normalized spacial score (nSPS) is 23.5. The third kappa shape index (κ3) is 5.75. The number of ether oxygens (including phenoxy) is 2. The van der Waals surface area contributed by atoms with E-state index >= 15 is 0 Å². The fourth-order valence-electron chi connectivity index (χ4n) is 5.77. The number of amides is 3. The average Bonchev–Trinajstić information content (AvgIpc) is 3.43. The number of aliphatic imine (C=N–C) groups is 1. The fourth-order valence-corrected chi connectivity index (χ4v) is 5.77. The molecule has 0 saturated carbocycles. The summed E-state index contributed by atoms with van der Waals surface area (Å²) in [4.78, 5) is 31.8. The molecular formula is C31H31F6N3O5. The molecule has 8 nitrogen and oxygen atoms in total. The Kier molecular flexibility index (Phi) is 8.17. The van der Waals surface area contributed by atoms with Gasteiger partial charge in [-0.2, -0.15) is 26.3 Å². The van der Waals surface area contributed by atoms with Gasteiger partial charge in [-0.1, -0.05) is 25.5 Å². The van der Waals surface area contributed by atoms with Crippen LogP contribution >= 0.6 is 0 Å². The molecule has 3 heterocycles. The number of hydrogen-bond acceptors (Lipinski definition) is 6. The van der Waals surface area contributed by atoms with Gasteiger partial charge in [-0.3, -0.25) is 14.7 Å². The van der Waals surface area contributed by atoms with Crippen LogP contribution in [-0.2, 0) is 28.8 Å². The first-order valence-corrected chi connectivity index (χ1v) is 14.3. The lowest BCUT2D eigenvalue weighted by atomic mass is 9.90. The molecule has 0 radical (unpaired) electrons. The Hall–Kier alpha value is -4.07. The van der Waals surface area contributed by atoms with Crippen LogP contribution in [0.1, 0.15) is 55.9 Å². The van der Waals surface area contributed by atoms with Crippen molar-refractivity contribution in [1.82, 2.24) is 10.2 Å². The molecule has 3 atom stereocenters. The smallest absolute Gasteiger partial charge is 0.430 e. The zero-order valence-corrected chi connectivity index (χ0v) is 24.6. The highest BCUT2D eigenvalue weighted by Gasteiger charge is 2.71. The third-order valence-electron chi connectivity index (χ3n) is 8.18. The molecule has 1 saturated heterocycles. The van der Waals surface area contributed by atoms with Crippen molar-refractivity contribution in [2.45, 2.75) is 82.2 Å². The number of aryl methyl sites for hydroxylation is 1. The van der Waals surface area contributed by atoms with E-state index in [1.54, 1.807) is 32.1 Å². The van der Waals surface area contributed by atoms with Crippen molar-refractivity contribution in [2.75, 3.05) is 6.54 Å². The van der Waals surface area contributed by atoms with Crippen LogP contribution in [0.5, 0.6) is 11.5 Å². The fraction of sp³-hybridized carbons (Fsp3) is 0.452. The quantitative estimate of drug-likeness (QED) is 0.279. The minimum atomic E-state index is -6.02. The summed E-state index contributed by atoms with van der Waals surface area (Å²) in [6, 6.07) is 6.88. The molecule has 2 N–H and O–H groups in total. The Morgan fingerprint density at radius 3 is 2.47 bits per heavy atom. The summed E-state index contributed by atoms with van der Waals surface area (Å²) in [6.07, 6.45) is -8.67. The number of carbonyl (C=O) groups is 2. The van der Waals surface area contributed by atoms with Gasteiger partial charge < -0.3 is 19.9 Å². The van der Waals surface area contributed by atoms with E-state index in [0.717, 1.165) is 22.3 Å². The molecule has 1 fully saturated rings. The average molecular weight is 640 g/mol. The second kappa shape index (κ2) is 11.4. The van der Waals surface area contributed by atoms with E-state index < -0.39 is 47.1 Å². The lowest BCUT2D eigenvalue weighted by Crippen LogP contribution is -2.53. The SMILES string of the molecule is CCCc1cc(C(O)(C(F)(F)F)C(F)(F)F)ccc1OC1C=CN=C(CN2C(=O)NC(C)(c3ccc4c(c3)CC(C)O4)C2=O)C1. The predicted octanol–water partition coefficient (Wildman–Crippen LogP) is 5.85. The van der Waals surface area contributed by atoms with Crippen LogP contribution in [0.3, 0.4) is 0 Å². The van der Waals surface area contributed by atoms with Gasteiger partial charge in [-0.15, -0.1) is 0 Å².